The second-order valence-corrected chi connectivity index (χ2v) is 5.82. The van der Waals surface area contributed by atoms with Crippen LogP contribution in [0.5, 0.6) is 0 Å². The molecule has 2 rings (SSSR count). The van der Waals surface area contributed by atoms with Crippen molar-refractivity contribution >= 4 is 5.91 Å². The highest BCUT2D eigenvalue weighted by atomic mass is 16.5. The molecule has 1 aliphatic rings. The fourth-order valence-electron chi connectivity index (χ4n) is 2.83. The highest BCUT2D eigenvalue weighted by Crippen LogP contribution is 2.13. The van der Waals surface area contributed by atoms with Crippen molar-refractivity contribution in [3.8, 4) is 0 Å². The van der Waals surface area contributed by atoms with Crippen LogP contribution in [0.1, 0.15) is 12.0 Å². The van der Waals surface area contributed by atoms with Gasteiger partial charge in [0.1, 0.15) is 0 Å². The molecule has 0 atom stereocenters. The molecule has 0 aromatic heterocycles. The lowest BCUT2D eigenvalue weighted by molar-refractivity contribution is -0.132. The SMILES string of the molecule is CO/C=C/C=C(\C=C\O)N1CCN(C(=O)CCc2ccccc2)CC1. The quantitative estimate of drug-likeness (QED) is 0.611. The fraction of sp³-hybridized carbons (Fsp3) is 0.350. The van der Waals surface area contributed by atoms with Crippen molar-refractivity contribution in [1.29, 1.82) is 0 Å². The largest absolute Gasteiger partial charge is 0.516 e. The molecule has 0 bridgehead atoms. The number of amides is 1. The fourth-order valence-corrected chi connectivity index (χ4v) is 2.83. The third kappa shape index (κ3) is 6.03. The summed E-state index contributed by atoms with van der Waals surface area (Å²) >= 11 is 0. The number of aliphatic hydroxyl groups excluding tert-OH is 1. The first-order valence-electron chi connectivity index (χ1n) is 8.51. The maximum absolute atomic E-state index is 12.4. The minimum atomic E-state index is 0.200. The van der Waals surface area contributed by atoms with Gasteiger partial charge < -0.3 is 19.6 Å². The van der Waals surface area contributed by atoms with Gasteiger partial charge >= 0.3 is 0 Å². The topological polar surface area (TPSA) is 53.0 Å². The Balaban J connectivity index is 1.84. The summed E-state index contributed by atoms with van der Waals surface area (Å²) in [7, 11) is 1.59. The molecule has 1 N–H and O–H groups in total. The van der Waals surface area contributed by atoms with Crippen molar-refractivity contribution in [2.24, 2.45) is 0 Å². The number of methoxy groups -OCH3 is 1. The van der Waals surface area contributed by atoms with Crippen molar-refractivity contribution in [2.45, 2.75) is 12.8 Å². The minimum Gasteiger partial charge on any atom is -0.516 e. The Morgan fingerprint density at radius 2 is 1.84 bits per heavy atom. The number of hydrogen-bond acceptors (Lipinski definition) is 4. The van der Waals surface area contributed by atoms with Gasteiger partial charge in [0, 0.05) is 38.3 Å². The molecule has 0 radical (unpaired) electrons. The molecular weight excluding hydrogens is 316 g/mol. The van der Waals surface area contributed by atoms with Crippen molar-refractivity contribution < 1.29 is 14.6 Å². The monoisotopic (exact) mass is 342 g/mol. The van der Waals surface area contributed by atoms with E-state index in [1.54, 1.807) is 25.5 Å². The van der Waals surface area contributed by atoms with Crippen molar-refractivity contribution in [1.82, 2.24) is 9.80 Å². The highest BCUT2D eigenvalue weighted by Gasteiger charge is 2.21. The molecule has 5 heteroatoms. The van der Waals surface area contributed by atoms with E-state index in [0.29, 0.717) is 19.5 Å². The van der Waals surface area contributed by atoms with Gasteiger partial charge in [0.2, 0.25) is 5.91 Å². The summed E-state index contributed by atoms with van der Waals surface area (Å²) in [5.74, 6) is 0.200. The molecule has 1 amide bonds. The number of hydrogen-bond donors (Lipinski definition) is 1. The van der Waals surface area contributed by atoms with Crippen molar-refractivity contribution in [2.75, 3.05) is 33.3 Å². The van der Waals surface area contributed by atoms with Gasteiger partial charge in [-0.25, -0.2) is 0 Å². The first-order chi connectivity index (χ1) is 12.2. The predicted octanol–water partition coefficient (Wildman–Crippen LogP) is 2.88. The van der Waals surface area contributed by atoms with Gasteiger partial charge in [-0.1, -0.05) is 30.3 Å². The zero-order chi connectivity index (χ0) is 17.9. The number of carbonyl (C=O) groups excluding carboxylic acids is 1. The van der Waals surface area contributed by atoms with E-state index in [9.17, 15) is 4.79 Å². The normalized spacial score (nSPS) is 16.0. The zero-order valence-electron chi connectivity index (χ0n) is 14.7. The highest BCUT2D eigenvalue weighted by molar-refractivity contribution is 5.76. The Morgan fingerprint density at radius 1 is 1.16 bits per heavy atom. The van der Waals surface area contributed by atoms with Gasteiger partial charge in [0.05, 0.1) is 19.6 Å². The number of allylic oxidation sites excluding steroid dienone is 3. The average Bonchev–Trinajstić information content (AvgIpc) is 2.66. The van der Waals surface area contributed by atoms with E-state index >= 15 is 0 Å². The van der Waals surface area contributed by atoms with Crippen LogP contribution in [0, 0.1) is 0 Å². The summed E-state index contributed by atoms with van der Waals surface area (Å²) in [5, 5.41) is 9.07. The summed E-state index contributed by atoms with van der Waals surface area (Å²) in [6.45, 7) is 2.87. The predicted molar refractivity (Wildman–Crippen MR) is 98.9 cm³/mol. The number of rotatable bonds is 7. The molecule has 0 unspecified atom stereocenters. The second kappa shape index (κ2) is 10.2. The second-order valence-electron chi connectivity index (χ2n) is 5.82. The van der Waals surface area contributed by atoms with Crippen LogP contribution in [0.15, 0.2) is 66.8 Å². The first-order valence-corrected chi connectivity index (χ1v) is 8.51. The van der Waals surface area contributed by atoms with Crippen LogP contribution in [-0.2, 0) is 16.0 Å². The van der Waals surface area contributed by atoms with E-state index in [-0.39, 0.29) is 5.91 Å². The van der Waals surface area contributed by atoms with Crippen LogP contribution in [0.2, 0.25) is 0 Å². The van der Waals surface area contributed by atoms with Crippen LogP contribution in [0.3, 0.4) is 0 Å². The van der Waals surface area contributed by atoms with E-state index in [1.807, 2.05) is 29.2 Å². The van der Waals surface area contributed by atoms with Crippen molar-refractivity contribution in [3.63, 3.8) is 0 Å². The van der Waals surface area contributed by atoms with Crippen LogP contribution in [0.25, 0.3) is 0 Å². The third-order valence-corrected chi connectivity index (χ3v) is 4.19. The van der Waals surface area contributed by atoms with Gasteiger partial charge in [-0.2, -0.15) is 0 Å². The van der Waals surface area contributed by atoms with E-state index in [4.69, 9.17) is 9.84 Å². The number of aliphatic hydroxyl groups is 1. The lowest BCUT2D eigenvalue weighted by Gasteiger charge is -2.36. The van der Waals surface area contributed by atoms with E-state index < -0.39 is 0 Å². The molecule has 0 saturated carbocycles. The van der Waals surface area contributed by atoms with Crippen LogP contribution in [0.4, 0.5) is 0 Å². The summed E-state index contributed by atoms with van der Waals surface area (Å²) in [6, 6.07) is 10.1. The van der Waals surface area contributed by atoms with Gasteiger partial charge in [-0.15, -0.1) is 0 Å². The molecule has 25 heavy (non-hydrogen) atoms. The summed E-state index contributed by atoms with van der Waals surface area (Å²) < 4.78 is 4.89. The van der Waals surface area contributed by atoms with Gasteiger partial charge in [-0.05, 0) is 30.2 Å². The number of nitrogens with zero attached hydrogens (tertiary/aromatic N) is 2. The molecule has 5 nitrogen and oxygen atoms in total. The molecule has 1 fully saturated rings. The summed E-state index contributed by atoms with van der Waals surface area (Å²) in [4.78, 5) is 16.5. The Labute approximate surface area is 149 Å². The first kappa shape index (κ1) is 18.6. The Morgan fingerprint density at radius 3 is 2.48 bits per heavy atom. The van der Waals surface area contributed by atoms with Gasteiger partial charge in [0.25, 0.3) is 0 Å². The zero-order valence-corrected chi connectivity index (χ0v) is 14.7. The number of benzene rings is 1. The van der Waals surface area contributed by atoms with Crippen LogP contribution >= 0.6 is 0 Å². The molecular formula is C20H26N2O3. The van der Waals surface area contributed by atoms with Crippen LogP contribution < -0.4 is 0 Å². The molecule has 1 saturated heterocycles. The summed E-state index contributed by atoms with van der Waals surface area (Å²) in [5.41, 5.74) is 2.09. The Hall–Kier alpha value is -2.69. The molecule has 1 aromatic rings. The number of carbonyl (C=O) groups is 1. The lowest BCUT2D eigenvalue weighted by Crippen LogP contribution is -2.48. The minimum absolute atomic E-state index is 0.200. The lowest BCUT2D eigenvalue weighted by atomic mass is 10.1. The van der Waals surface area contributed by atoms with E-state index in [1.165, 1.54) is 5.56 Å². The number of aryl methyl sites for hydroxylation is 1. The molecule has 1 aromatic carbocycles. The smallest absolute Gasteiger partial charge is 0.223 e. The number of ether oxygens (including phenoxy) is 1. The molecule has 0 aliphatic carbocycles. The third-order valence-electron chi connectivity index (χ3n) is 4.19. The van der Waals surface area contributed by atoms with Gasteiger partial charge in [0.15, 0.2) is 0 Å². The average molecular weight is 342 g/mol. The van der Waals surface area contributed by atoms with E-state index in [2.05, 4.69) is 17.0 Å². The maximum Gasteiger partial charge on any atom is 0.223 e. The summed E-state index contributed by atoms with van der Waals surface area (Å²) in [6.07, 6.45) is 9.24. The molecule has 1 heterocycles. The van der Waals surface area contributed by atoms with Crippen LogP contribution in [-0.4, -0.2) is 54.1 Å². The maximum atomic E-state index is 12.4. The standard InChI is InChI=1S/C20H26N2O3/c1-25-17-5-8-19(11-16-23)21-12-14-22(15-13-21)20(24)10-9-18-6-3-2-4-7-18/h2-8,11,16-17,23H,9-10,12-15H2,1H3/b16-11+,17-5+,19-8+. The Kier molecular flexibility index (Phi) is 7.63. The van der Waals surface area contributed by atoms with Gasteiger partial charge in [-0.3, -0.25) is 4.79 Å². The Bertz CT molecular complexity index is 615. The van der Waals surface area contributed by atoms with E-state index in [0.717, 1.165) is 31.5 Å². The molecule has 0 spiro atoms. The number of piperazine rings is 1. The van der Waals surface area contributed by atoms with Crippen molar-refractivity contribution in [3.05, 3.63) is 72.3 Å². The molecule has 134 valence electrons. The molecule has 1 aliphatic heterocycles.